The molecule has 2 nitrogen and oxygen atoms in total. The van der Waals surface area contributed by atoms with Gasteiger partial charge in [0.05, 0.1) is 0 Å². The molecule has 0 bridgehead atoms. The molecular formula is C26H40O2. The average Bonchev–Trinajstić information content (AvgIpc) is 2.70. The highest BCUT2D eigenvalue weighted by Crippen LogP contribution is 2.11. The molecule has 0 atom stereocenters. The molecule has 0 heterocycles. The summed E-state index contributed by atoms with van der Waals surface area (Å²) in [5.41, 5.74) is 1.30. The molecule has 0 aliphatic carbocycles. The molecule has 0 fully saturated rings. The smallest absolute Gasteiger partial charge is 0.303 e. The van der Waals surface area contributed by atoms with Gasteiger partial charge in [-0.15, -0.1) is 0 Å². The summed E-state index contributed by atoms with van der Waals surface area (Å²) < 4.78 is 0. The fraction of sp³-hybridized carbons (Fsp3) is 0.577. The number of carboxylic acid groups (broad SMARTS) is 1. The van der Waals surface area contributed by atoms with Crippen LogP contribution in [-0.2, 0) is 4.79 Å². The zero-order chi connectivity index (χ0) is 20.1. The molecule has 0 amide bonds. The number of rotatable bonds is 18. The molecule has 0 radical (unpaired) electrons. The Hall–Kier alpha value is -1.83. The zero-order valence-corrected chi connectivity index (χ0v) is 17.7. The van der Waals surface area contributed by atoms with Crippen LogP contribution >= 0.6 is 0 Å². The van der Waals surface area contributed by atoms with Crippen molar-refractivity contribution in [1.82, 2.24) is 0 Å². The number of hydrogen-bond donors (Lipinski definition) is 1. The van der Waals surface area contributed by atoms with E-state index in [1.807, 2.05) is 0 Å². The van der Waals surface area contributed by atoms with Crippen LogP contribution in [0.15, 0.2) is 48.6 Å². The highest BCUT2D eigenvalue weighted by Gasteiger charge is 1.96. The van der Waals surface area contributed by atoms with Crippen molar-refractivity contribution in [3.63, 3.8) is 0 Å². The van der Waals surface area contributed by atoms with Crippen molar-refractivity contribution in [3.05, 3.63) is 54.1 Å². The summed E-state index contributed by atoms with van der Waals surface area (Å²) in [6.45, 7) is 0. The van der Waals surface area contributed by atoms with E-state index in [2.05, 4.69) is 54.6 Å². The molecule has 0 spiro atoms. The first-order valence-corrected chi connectivity index (χ1v) is 11.4. The van der Waals surface area contributed by atoms with Gasteiger partial charge in [-0.05, 0) is 50.5 Å². The third kappa shape index (κ3) is 16.4. The predicted octanol–water partition coefficient (Wildman–Crippen LogP) is 8.19. The number of allylic oxidation sites excluding steroid dienone is 3. The Morgan fingerprint density at radius 2 is 1.11 bits per heavy atom. The number of unbranched alkanes of at least 4 members (excludes halogenated alkanes) is 12. The SMILES string of the molecule is O=C(O)CCCCCCC/C=C\CCCCCCCCC=Cc1ccccc1. The molecule has 1 rings (SSSR count). The third-order valence-electron chi connectivity index (χ3n) is 5.03. The van der Waals surface area contributed by atoms with Crippen LogP contribution < -0.4 is 0 Å². The van der Waals surface area contributed by atoms with Crippen molar-refractivity contribution in [2.75, 3.05) is 0 Å². The van der Waals surface area contributed by atoms with E-state index in [0.29, 0.717) is 6.42 Å². The zero-order valence-electron chi connectivity index (χ0n) is 17.7. The molecule has 0 aromatic heterocycles. The second-order valence-electron chi connectivity index (χ2n) is 7.68. The molecule has 0 aliphatic rings. The molecule has 2 heteroatoms. The van der Waals surface area contributed by atoms with Gasteiger partial charge in [0.15, 0.2) is 0 Å². The van der Waals surface area contributed by atoms with Crippen molar-refractivity contribution in [2.45, 2.75) is 96.3 Å². The second kappa shape index (κ2) is 18.5. The number of carboxylic acids is 1. The maximum atomic E-state index is 10.4. The highest BCUT2D eigenvalue weighted by atomic mass is 16.4. The Kier molecular flexibility index (Phi) is 16.0. The Bertz CT molecular complexity index is 531. The molecule has 0 aliphatic heterocycles. The second-order valence-corrected chi connectivity index (χ2v) is 7.68. The van der Waals surface area contributed by atoms with Crippen LogP contribution in [0, 0.1) is 0 Å². The summed E-state index contributed by atoms with van der Waals surface area (Å²) >= 11 is 0. The van der Waals surface area contributed by atoms with E-state index in [-0.39, 0.29) is 0 Å². The minimum absolute atomic E-state index is 0.325. The minimum atomic E-state index is -0.668. The number of carbonyl (C=O) groups is 1. The van der Waals surface area contributed by atoms with Gasteiger partial charge >= 0.3 is 5.97 Å². The predicted molar refractivity (Wildman–Crippen MR) is 122 cm³/mol. The van der Waals surface area contributed by atoms with E-state index in [9.17, 15) is 4.79 Å². The van der Waals surface area contributed by atoms with Crippen molar-refractivity contribution >= 4 is 12.0 Å². The van der Waals surface area contributed by atoms with Crippen LogP contribution in [0.3, 0.4) is 0 Å². The minimum Gasteiger partial charge on any atom is -0.481 e. The lowest BCUT2D eigenvalue weighted by Crippen LogP contribution is -1.93. The van der Waals surface area contributed by atoms with Crippen molar-refractivity contribution in [1.29, 1.82) is 0 Å². The molecule has 1 aromatic carbocycles. The Morgan fingerprint density at radius 3 is 1.64 bits per heavy atom. The van der Waals surface area contributed by atoms with Gasteiger partial charge in [0.25, 0.3) is 0 Å². The maximum absolute atomic E-state index is 10.4. The van der Waals surface area contributed by atoms with Crippen LogP contribution in [0.1, 0.15) is 102 Å². The largest absolute Gasteiger partial charge is 0.481 e. The van der Waals surface area contributed by atoms with Crippen LogP contribution in [0.25, 0.3) is 6.08 Å². The van der Waals surface area contributed by atoms with Gasteiger partial charge in [0.2, 0.25) is 0 Å². The summed E-state index contributed by atoms with van der Waals surface area (Å²) in [6, 6.07) is 10.5. The lowest BCUT2D eigenvalue weighted by Gasteiger charge is -2.00. The van der Waals surface area contributed by atoms with E-state index < -0.39 is 5.97 Å². The molecule has 0 saturated carbocycles. The van der Waals surface area contributed by atoms with Gasteiger partial charge in [-0.3, -0.25) is 4.79 Å². The van der Waals surface area contributed by atoms with Gasteiger partial charge in [0.1, 0.15) is 0 Å². The molecule has 0 saturated heterocycles. The van der Waals surface area contributed by atoms with Crippen LogP contribution in [0.4, 0.5) is 0 Å². The number of hydrogen-bond acceptors (Lipinski definition) is 1. The van der Waals surface area contributed by atoms with Gasteiger partial charge in [0, 0.05) is 6.42 Å². The summed E-state index contributed by atoms with van der Waals surface area (Å²) in [6.07, 6.45) is 26.7. The Morgan fingerprint density at radius 1 is 0.643 bits per heavy atom. The maximum Gasteiger partial charge on any atom is 0.303 e. The van der Waals surface area contributed by atoms with Crippen molar-refractivity contribution in [3.8, 4) is 0 Å². The normalized spacial score (nSPS) is 11.6. The molecule has 28 heavy (non-hydrogen) atoms. The average molecular weight is 385 g/mol. The fourth-order valence-electron chi connectivity index (χ4n) is 3.32. The first-order chi connectivity index (χ1) is 13.8. The molecule has 1 aromatic rings. The lowest BCUT2D eigenvalue weighted by molar-refractivity contribution is -0.137. The van der Waals surface area contributed by atoms with Gasteiger partial charge < -0.3 is 5.11 Å². The number of aliphatic carboxylic acids is 1. The summed E-state index contributed by atoms with van der Waals surface area (Å²) in [5.74, 6) is -0.668. The van der Waals surface area contributed by atoms with Gasteiger partial charge in [-0.1, -0.05) is 99.6 Å². The first-order valence-electron chi connectivity index (χ1n) is 11.4. The molecule has 156 valence electrons. The topological polar surface area (TPSA) is 37.3 Å². The Balaban J connectivity index is 1.77. The molecule has 1 N–H and O–H groups in total. The fourth-order valence-corrected chi connectivity index (χ4v) is 3.32. The van der Waals surface area contributed by atoms with Crippen molar-refractivity contribution < 1.29 is 9.90 Å². The summed E-state index contributed by atoms with van der Waals surface area (Å²) in [7, 11) is 0. The van der Waals surface area contributed by atoms with Gasteiger partial charge in [-0.2, -0.15) is 0 Å². The lowest BCUT2D eigenvalue weighted by atomic mass is 10.1. The standard InChI is InChI=1S/C26H40O2/c27-26(28)24-20-15-13-11-9-7-5-3-1-2-4-6-8-10-12-14-17-21-25-22-18-16-19-23-25/h3,5,16-19,21-23H,1-2,4,6-15,20,24H2,(H,27,28)/b5-3-,21-17?. The van der Waals surface area contributed by atoms with Crippen LogP contribution in [0.5, 0.6) is 0 Å². The monoisotopic (exact) mass is 384 g/mol. The molecular weight excluding hydrogens is 344 g/mol. The van der Waals surface area contributed by atoms with Crippen LogP contribution in [-0.4, -0.2) is 11.1 Å². The summed E-state index contributed by atoms with van der Waals surface area (Å²) in [4.78, 5) is 10.4. The van der Waals surface area contributed by atoms with E-state index >= 15 is 0 Å². The summed E-state index contributed by atoms with van der Waals surface area (Å²) in [5, 5.41) is 8.57. The molecule has 0 unspecified atom stereocenters. The quantitative estimate of drug-likeness (QED) is 0.204. The number of benzene rings is 1. The van der Waals surface area contributed by atoms with Crippen LogP contribution in [0.2, 0.25) is 0 Å². The highest BCUT2D eigenvalue weighted by molar-refractivity contribution is 5.66. The van der Waals surface area contributed by atoms with E-state index in [1.54, 1.807) is 0 Å². The third-order valence-corrected chi connectivity index (χ3v) is 5.03. The Labute approximate surface area is 172 Å². The van der Waals surface area contributed by atoms with Gasteiger partial charge in [-0.25, -0.2) is 0 Å². The van der Waals surface area contributed by atoms with Crippen molar-refractivity contribution in [2.24, 2.45) is 0 Å². The van der Waals surface area contributed by atoms with E-state index in [0.717, 1.165) is 12.8 Å². The first kappa shape index (κ1) is 24.2. The van der Waals surface area contributed by atoms with E-state index in [1.165, 1.54) is 82.6 Å². The van der Waals surface area contributed by atoms with E-state index in [4.69, 9.17) is 5.11 Å².